The molecule has 0 unspecified atom stereocenters. The second-order valence-corrected chi connectivity index (χ2v) is 3.53. The van der Waals surface area contributed by atoms with Crippen LogP contribution < -0.4 is 0 Å². The van der Waals surface area contributed by atoms with E-state index in [0.717, 1.165) is 0 Å². The number of benzene rings is 1. The van der Waals surface area contributed by atoms with Gasteiger partial charge < -0.3 is 10.5 Å². The molecule has 0 heterocycles. The third-order valence-electron chi connectivity index (χ3n) is 2.42. The molecule has 0 saturated heterocycles. The van der Waals surface area contributed by atoms with E-state index < -0.39 is 0 Å². The van der Waals surface area contributed by atoms with Crippen LogP contribution in [0, 0.1) is 5.41 Å². The first-order valence-electron chi connectivity index (χ1n) is 4.97. The summed E-state index contributed by atoms with van der Waals surface area (Å²) in [6.07, 6.45) is 3.41. The van der Waals surface area contributed by atoms with Gasteiger partial charge in [0.15, 0.2) is 5.78 Å². The Hall–Kier alpha value is -2.16. The largest absolute Gasteiger partial charge is 0.506 e. The summed E-state index contributed by atoms with van der Waals surface area (Å²) in [4.78, 5) is 11.6. The molecule has 3 nitrogen and oxygen atoms in total. The van der Waals surface area contributed by atoms with Crippen molar-refractivity contribution in [1.29, 1.82) is 5.41 Å². The number of rotatable bonds is 1. The lowest BCUT2D eigenvalue weighted by Crippen LogP contribution is -2.16. The Morgan fingerprint density at radius 1 is 1.25 bits per heavy atom. The van der Waals surface area contributed by atoms with E-state index in [4.69, 9.17) is 5.41 Å². The maximum atomic E-state index is 11.6. The summed E-state index contributed by atoms with van der Waals surface area (Å²) in [5.41, 5.74) is 0.734. The zero-order valence-electron chi connectivity index (χ0n) is 8.60. The molecule has 0 radical (unpaired) electrons. The van der Waals surface area contributed by atoms with Crippen LogP contribution in [0.15, 0.2) is 48.1 Å². The third kappa shape index (κ3) is 1.80. The van der Waals surface area contributed by atoms with E-state index in [0.29, 0.717) is 5.56 Å². The lowest BCUT2D eigenvalue weighted by Gasteiger charge is -2.11. The van der Waals surface area contributed by atoms with Crippen molar-refractivity contribution in [3.05, 3.63) is 53.6 Å². The molecule has 16 heavy (non-hydrogen) atoms. The normalized spacial score (nSPS) is 18.8. The van der Waals surface area contributed by atoms with E-state index in [1.165, 1.54) is 6.08 Å². The fraction of sp³-hybridized carbons (Fsp3) is 0.0769. The SMILES string of the molecule is N=C1C=CCC(=O)C1=C(O)c1ccccc1. The Morgan fingerprint density at radius 3 is 2.56 bits per heavy atom. The Kier molecular flexibility index (Phi) is 2.68. The number of Topliss-reactive ketones (excluding diaryl/α,β-unsaturated/α-hetero) is 1. The highest BCUT2D eigenvalue weighted by Crippen LogP contribution is 2.21. The van der Waals surface area contributed by atoms with Crippen molar-refractivity contribution in [2.75, 3.05) is 0 Å². The average Bonchev–Trinajstić information content (AvgIpc) is 2.30. The number of ketones is 1. The molecule has 0 aromatic heterocycles. The van der Waals surface area contributed by atoms with Crippen LogP contribution in [-0.4, -0.2) is 16.6 Å². The second-order valence-electron chi connectivity index (χ2n) is 3.53. The fourth-order valence-electron chi connectivity index (χ4n) is 1.62. The van der Waals surface area contributed by atoms with Gasteiger partial charge in [0.2, 0.25) is 0 Å². The second kappa shape index (κ2) is 4.14. The van der Waals surface area contributed by atoms with Gasteiger partial charge in [-0.3, -0.25) is 4.79 Å². The summed E-state index contributed by atoms with van der Waals surface area (Å²) in [7, 11) is 0. The third-order valence-corrected chi connectivity index (χ3v) is 2.42. The molecule has 1 aromatic carbocycles. The molecule has 0 atom stereocenters. The van der Waals surface area contributed by atoms with Gasteiger partial charge in [-0.05, 0) is 6.08 Å². The standard InChI is InChI=1S/C13H11NO2/c14-10-7-4-8-11(15)12(10)13(16)9-5-2-1-3-6-9/h1-7,14,16H,8H2. The molecule has 1 aliphatic carbocycles. The summed E-state index contributed by atoms with van der Waals surface area (Å²) >= 11 is 0. The van der Waals surface area contributed by atoms with Gasteiger partial charge in [-0.25, -0.2) is 0 Å². The summed E-state index contributed by atoms with van der Waals surface area (Å²) in [6, 6.07) is 8.80. The van der Waals surface area contributed by atoms with E-state index in [1.54, 1.807) is 30.3 Å². The van der Waals surface area contributed by atoms with Crippen LogP contribution in [0.5, 0.6) is 0 Å². The molecule has 0 amide bonds. The molecule has 0 spiro atoms. The predicted molar refractivity (Wildman–Crippen MR) is 62.5 cm³/mol. The van der Waals surface area contributed by atoms with Crippen molar-refractivity contribution in [3.63, 3.8) is 0 Å². The number of nitrogens with one attached hydrogen (secondary N) is 1. The first-order valence-corrected chi connectivity index (χ1v) is 4.97. The first kappa shape index (κ1) is 10.4. The first-order chi connectivity index (χ1) is 7.70. The van der Waals surface area contributed by atoms with Gasteiger partial charge in [0.25, 0.3) is 0 Å². The topological polar surface area (TPSA) is 61.2 Å². The molecule has 2 N–H and O–H groups in total. The molecular formula is C13H11NO2. The maximum Gasteiger partial charge on any atom is 0.172 e. The van der Waals surface area contributed by atoms with Gasteiger partial charge in [-0.2, -0.15) is 0 Å². The van der Waals surface area contributed by atoms with E-state index in [9.17, 15) is 9.90 Å². The monoisotopic (exact) mass is 213 g/mol. The summed E-state index contributed by atoms with van der Waals surface area (Å²) in [5.74, 6) is -0.325. The smallest absolute Gasteiger partial charge is 0.172 e. The van der Waals surface area contributed by atoms with Crippen molar-refractivity contribution >= 4 is 17.3 Å². The van der Waals surface area contributed by atoms with Crippen LogP contribution in [0.3, 0.4) is 0 Å². The number of hydrogen-bond acceptors (Lipinski definition) is 3. The minimum absolute atomic E-state index is 0.0672. The van der Waals surface area contributed by atoms with Gasteiger partial charge in [0.05, 0.1) is 11.3 Å². The summed E-state index contributed by atoms with van der Waals surface area (Å²) in [6.45, 7) is 0. The molecule has 1 aromatic rings. The molecule has 0 saturated carbocycles. The van der Waals surface area contributed by atoms with Gasteiger partial charge in [-0.15, -0.1) is 0 Å². The minimum atomic E-state index is -0.214. The zero-order valence-corrected chi connectivity index (χ0v) is 8.60. The molecule has 80 valence electrons. The molecular weight excluding hydrogens is 202 g/mol. The molecule has 0 fully saturated rings. The average molecular weight is 213 g/mol. The number of carbonyl (C=O) groups is 1. The highest BCUT2D eigenvalue weighted by molar-refractivity contribution is 6.30. The van der Waals surface area contributed by atoms with Crippen LogP contribution in [-0.2, 0) is 4.79 Å². The Labute approximate surface area is 93.2 Å². The maximum absolute atomic E-state index is 11.6. The van der Waals surface area contributed by atoms with E-state index in [2.05, 4.69) is 0 Å². The highest BCUT2D eigenvalue weighted by atomic mass is 16.3. The van der Waals surface area contributed by atoms with Gasteiger partial charge in [0, 0.05) is 12.0 Å². The van der Waals surface area contributed by atoms with Crippen molar-refractivity contribution in [2.45, 2.75) is 6.42 Å². The predicted octanol–water partition coefficient (Wildman–Crippen LogP) is 2.50. The van der Waals surface area contributed by atoms with E-state index in [1.807, 2.05) is 6.07 Å². The van der Waals surface area contributed by atoms with Crippen molar-refractivity contribution < 1.29 is 9.90 Å². The van der Waals surface area contributed by atoms with E-state index in [-0.39, 0.29) is 29.2 Å². The lowest BCUT2D eigenvalue weighted by atomic mass is 9.94. The van der Waals surface area contributed by atoms with Gasteiger partial charge in [0.1, 0.15) is 5.76 Å². The van der Waals surface area contributed by atoms with Crippen LogP contribution in [0.2, 0.25) is 0 Å². The Bertz CT molecular complexity index is 498. The fourth-order valence-corrected chi connectivity index (χ4v) is 1.62. The minimum Gasteiger partial charge on any atom is -0.506 e. The van der Waals surface area contributed by atoms with Crippen molar-refractivity contribution in [1.82, 2.24) is 0 Å². The van der Waals surface area contributed by atoms with E-state index >= 15 is 0 Å². The van der Waals surface area contributed by atoms with Gasteiger partial charge in [-0.1, -0.05) is 36.4 Å². The Balaban J connectivity index is 2.52. The number of aliphatic hydroxyl groups is 1. The van der Waals surface area contributed by atoms with Crippen LogP contribution in [0.1, 0.15) is 12.0 Å². The van der Waals surface area contributed by atoms with Crippen LogP contribution in [0.4, 0.5) is 0 Å². The van der Waals surface area contributed by atoms with Crippen LogP contribution in [0.25, 0.3) is 5.76 Å². The number of aliphatic hydroxyl groups excluding tert-OH is 1. The van der Waals surface area contributed by atoms with Crippen molar-refractivity contribution in [2.24, 2.45) is 0 Å². The summed E-state index contributed by atoms with van der Waals surface area (Å²) in [5, 5.41) is 17.6. The number of allylic oxidation sites excluding steroid dienone is 3. The van der Waals surface area contributed by atoms with Crippen molar-refractivity contribution in [3.8, 4) is 0 Å². The number of hydrogen-bond donors (Lipinski definition) is 2. The lowest BCUT2D eigenvalue weighted by molar-refractivity contribution is -0.114. The summed E-state index contributed by atoms with van der Waals surface area (Å²) < 4.78 is 0. The zero-order chi connectivity index (χ0) is 11.5. The molecule has 1 aliphatic rings. The Morgan fingerprint density at radius 2 is 1.94 bits per heavy atom. The molecule has 2 rings (SSSR count). The molecule has 3 heteroatoms. The highest BCUT2D eigenvalue weighted by Gasteiger charge is 2.21. The van der Waals surface area contributed by atoms with Gasteiger partial charge >= 0.3 is 0 Å². The molecule has 0 bridgehead atoms. The number of carbonyl (C=O) groups excluding carboxylic acids is 1. The van der Waals surface area contributed by atoms with Crippen LogP contribution >= 0.6 is 0 Å². The quantitative estimate of drug-likeness (QED) is 0.556. The molecule has 0 aliphatic heterocycles.